The average molecular weight is 1560 g/mol. The van der Waals surface area contributed by atoms with Gasteiger partial charge in [0.1, 0.15) is 23.0 Å². The number of esters is 3. The fraction of sp³-hybridized carbons (Fsp3) is 0.585. The first-order valence-electron chi connectivity index (χ1n) is 31.4. The van der Waals surface area contributed by atoms with Gasteiger partial charge in [0, 0.05) is 18.9 Å². The van der Waals surface area contributed by atoms with Crippen molar-refractivity contribution >= 4 is 17.9 Å². The zero-order chi connectivity index (χ0) is 79.0. The summed E-state index contributed by atoms with van der Waals surface area (Å²) < 4.78 is 438. The molecule has 0 unspecified atom stereocenters. The SMILES string of the molecule is CCCCCCCCOc1ccc(C(=O)Oc2cc(OC(=O)c3ccc(OCCCCCCCCC(F)(F)C(F)(F)C(F)(F)C(F)(F)C(F)(F)C(F)(F)C(F)(F)F)cc3)ccc2OC(=O)c2ccc(OCCCCCCCCC(F)(F)C(F)(F)C(F)(F)C(F)(F)C(F)(F)C(F)(F)C(F)(F)F)cc2)cc1. The number of hydrogen-bond donors (Lipinski definition) is 0. The first-order valence-corrected chi connectivity index (χ1v) is 31.4. The minimum absolute atomic E-state index is 0.0204. The number of benzene rings is 4. The van der Waals surface area contributed by atoms with Gasteiger partial charge in [-0.25, -0.2) is 14.4 Å². The number of ether oxygens (including phenoxy) is 6. The van der Waals surface area contributed by atoms with Crippen LogP contribution in [0.15, 0.2) is 91.0 Å². The highest BCUT2D eigenvalue weighted by Crippen LogP contribution is 2.65. The number of halogens is 30. The van der Waals surface area contributed by atoms with Crippen LogP contribution in [-0.2, 0) is 0 Å². The maximum Gasteiger partial charge on any atom is 0.460 e. The van der Waals surface area contributed by atoms with Gasteiger partial charge in [0.05, 0.1) is 36.5 Å². The molecule has 0 amide bonds. The fourth-order valence-electron chi connectivity index (χ4n) is 9.34. The lowest BCUT2D eigenvalue weighted by Crippen LogP contribution is -2.72. The van der Waals surface area contributed by atoms with Gasteiger partial charge >= 0.3 is 101 Å². The Morgan fingerprint density at radius 3 is 0.798 bits per heavy atom. The summed E-state index contributed by atoms with van der Waals surface area (Å²) in [6.45, 7) is 2.35. The van der Waals surface area contributed by atoms with Crippen molar-refractivity contribution in [3.63, 3.8) is 0 Å². The quantitative estimate of drug-likeness (QED) is 0.0185. The van der Waals surface area contributed by atoms with Crippen LogP contribution in [0.25, 0.3) is 0 Å². The molecular weight excluding hydrogens is 1490 g/mol. The third-order valence-electron chi connectivity index (χ3n) is 15.7. The molecule has 0 aromatic heterocycles. The van der Waals surface area contributed by atoms with Gasteiger partial charge in [-0.3, -0.25) is 0 Å². The van der Waals surface area contributed by atoms with Crippen LogP contribution in [0.2, 0.25) is 0 Å². The number of hydrogen-bond acceptors (Lipinski definition) is 9. The Labute approximate surface area is 572 Å². The Kier molecular flexibility index (Phi) is 29.8. The van der Waals surface area contributed by atoms with Crippen LogP contribution >= 0.6 is 0 Å². The third-order valence-corrected chi connectivity index (χ3v) is 15.7. The number of unbranched alkanes of at least 4 members (excludes halogenated alkanes) is 15. The summed E-state index contributed by atoms with van der Waals surface area (Å²) in [6.07, 6.45) is -16.8. The molecule has 0 aliphatic heterocycles. The maximum absolute atomic E-state index is 14.2. The van der Waals surface area contributed by atoms with Gasteiger partial charge in [-0.05, 0) is 117 Å². The molecule has 0 spiro atoms. The highest BCUT2D eigenvalue weighted by molar-refractivity contribution is 5.94. The van der Waals surface area contributed by atoms with E-state index in [1.54, 1.807) is 0 Å². The van der Waals surface area contributed by atoms with Crippen molar-refractivity contribution in [2.45, 2.75) is 219 Å². The average Bonchev–Trinajstić information content (AvgIpc) is 0.709. The van der Waals surface area contributed by atoms with Crippen molar-refractivity contribution in [2.24, 2.45) is 0 Å². The first-order chi connectivity index (χ1) is 47.7. The molecule has 4 aromatic rings. The minimum atomic E-state index is -8.36. The van der Waals surface area contributed by atoms with E-state index in [-0.39, 0.29) is 98.5 Å². The molecule has 4 rings (SSSR count). The Bertz CT molecular complexity index is 3370. The molecule has 0 radical (unpaired) electrons. The Morgan fingerprint density at radius 1 is 0.260 bits per heavy atom. The maximum atomic E-state index is 14.2. The van der Waals surface area contributed by atoms with Gasteiger partial charge in [0.15, 0.2) is 11.5 Å². The van der Waals surface area contributed by atoms with Gasteiger partial charge in [0.2, 0.25) is 0 Å². The van der Waals surface area contributed by atoms with Crippen molar-refractivity contribution in [1.82, 2.24) is 0 Å². The van der Waals surface area contributed by atoms with Crippen LogP contribution in [0.4, 0.5) is 132 Å². The molecule has 4 aromatic carbocycles. The Hall–Kier alpha value is -7.41. The third kappa shape index (κ3) is 20.2. The standard InChI is InChI=1S/C65H64F30O9/c1-2-3-4-5-12-17-36-99-45-30-24-42(25-31-45)51(98)104-48-39-46(102-49(96)40-20-26-43(27-21-40)100-37-18-13-8-6-10-15-34-52(66,67)54(70,71)56(74,75)58(78,79)60(82,83)62(86,87)64(90,91)92)32-33-47(48)103-50(97)41-22-28-44(29-23-41)101-38-19-14-9-7-11-16-35-53(68,69)55(72,73)57(76,77)59(80,81)61(84,85)63(88,89)65(93,94)95/h20-33,39H,2-19,34-38H2,1H3. The molecule has 0 N–H and O–H groups in total. The van der Waals surface area contributed by atoms with E-state index in [0.29, 0.717) is 12.4 Å². The lowest BCUT2D eigenvalue weighted by atomic mass is 9.89. The molecule has 104 heavy (non-hydrogen) atoms. The topological polar surface area (TPSA) is 107 Å². The van der Waals surface area contributed by atoms with Crippen LogP contribution in [-0.4, -0.2) is 121 Å². The summed E-state index contributed by atoms with van der Waals surface area (Å²) >= 11 is 0. The summed E-state index contributed by atoms with van der Waals surface area (Å²) in [6, 6.07) is 19.2. The van der Waals surface area contributed by atoms with E-state index in [2.05, 4.69) is 6.92 Å². The van der Waals surface area contributed by atoms with Crippen molar-refractivity contribution in [3.05, 3.63) is 108 Å². The van der Waals surface area contributed by atoms with Gasteiger partial charge in [-0.15, -0.1) is 0 Å². The van der Waals surface area contributed by atoms with E-state index in [1.807, 2.05) is 0 Å². The van der Waals surface area contributed by atoms with E-state index >= 15 is 0 Å². The number of carbonyl (C=O) groups excluding carboxylic acids is 3. The summed E-state index contributed by atoms with van der Waals surface area (Å²) in [5.41, 5.74) is -0.244. The van der Waals surface area contributed by atoms with Gasteiger partial charge in [-0.1, -0.05) is 90.4 Å². The fourth-order valence-corrected chi connectivity index (χ4v) is 9.34. The zero-order valence-electron chi connectivity index (χ0n) is 53.9. The predicted molar refractivity (Wildman–Crippen MR) is 307 cm³/mol. The molecule has 0 saturated heterocycles. The van der Waals surface area contributed by atoms with Crippen LogP contribution in [0, 0.1) is 0 Å². The monoisotopic (exact) mass is 1560 g/mol. The number of alkyl halides is 30. The van der Waals surface area contributed by atoms with E-state index in [4.69, 9.17) is 28.4 Å². The molecular formula is C65H64F30O9. The minimum Gasteiger partial charge on any atom is -0.494 e. The molecule has 9 nitrogen and oxygen atoms in total. The second-order valence-corrected chi connectivity index (χ2v) is 23.6. The molecule has 39 heteroatoms. The van der Waals surface area contributed by atoms with Crippen molar-refractivity contribution < 1.29 is 175 Å². The molecule has 0 atom stereocenters. The molecule has 588 valence electrons. The summed E-state index contributed by atoms with van der Waals surface area (Å²) in [7, 11) is 0. The van der Waals surface area contributed by atoms with Gasteiger partial charge in [-0.2, -0.15) is 132 Å². The largest absolute Gasteiger partial charge is 0.494 e. The molecule has 0 heterocycles. The summed E-state index contributed by atoms with van der Waals surface area (Å²) in [4.78, 5) is 40.3. The van der Waals surface area contributed by atoms with Crippen molar-refractivity contribution in [1.29, 1.82) is 0 Å². The number of rotatable bonds is 44. The molecule has 0 bridgehead atoms. The highest BCUT2D eigenvalue weighted by atomic mass is 19.4. The van der Waals surface area contributed by atoms with Crippen molar-refractivity contribution in [3.8, 4) is 34.5 Å². The Balaban J connectivity index is 1.31. The van der Waals surface area contributed by atoms with E-state index in [9.17, 15) is 146 Å². The van der Waals surface area contributed by atoms with E-state index in [1.165, 1.54) is 72.8 Å². The predicted octanol–water partition coefficient (Wildman–Crippen LogP) is 23.1. The van der Waals surface area contributed by atoms with Crippen LogP contribution in [0.3, 0.4) is 0 Å². The summed E-state index contributed by atoms with van der Waals surface area (Å²) in [5.74, 6) is -97.0. The van der Waals surface area contributed by atoms with E-state index in [0.717, 1.165) is 56.7 Å². The van der Waals surface area contributed by atoms with E-state index < -0.39 is 151 Å². The van der Waals surface area contributed by atoms with Crippen LogP contribution in [0.1, 0.15) is 166 Å². The van der Waals surface area contributed by atoms with Gasteiger partial charge < -0.3 is 28.4 Å². The van der Waals surface area contributed by atoms with Crippen LogP contribution < -0.4 is 28.4 Å². The van der Waals surface area contributed by atoms with Gasteiger partial charge in [0.25, 0.3) is 0 Å². The molecule has 0 saturated carbocycles. The second kappa shape index (κ2) is 34.9. The molecule has 0 aliphatic rings. The summed E-state index contributed by atoms with van der Waals surface area (Å²) in [5, 5.41) is 0. The second-order valence-electron chi connectivity index (χ2n) is 23.6. The number of carbonyl (C=O) groups is 3. The smallest absolute Gasteiger partial charge is 0.460 e. The van der Waals surface area contributed by atoms with Crippen LogP contribution in [0.5, 0.6) is 34.5 Å². The van der Waals surface area contributed by atoms with Crippen molar-refractivity contribution in [2.75, 3.05) is 19.8 Å². The highest BCUT2D eigenvalue weighted by Gasteiger charge is 2.94. The first kappa shape index (κ1) is 89.0. The lowest BCUT2D eigenvalue weighted by molar-refractivity contribution is -0.452. The molecule has 0 fully saturated rings. The molecule has 0 aliphatic carbocycles. The lowest BCUT2D eigenvalue weighted by Gasteiger charge is -2.41. The zero-order valence-corrected chi connectivity index (χ0v) is 53.9. The normalized spacial score (nSPS) is 13.8. The Morgan fingerprint density at radius 2 is 0.500 bits per heavy atom.